The Bertz CT molecular complexity index is 504. The molecular weight excluding hydrogens is 280 g/mol. The molecular formula is C13H22N2O2S2. The van der Waals surface area contributed by atoms with Crippen molar-refractivity contribution >= 4 is 21.4 Å². The van der Waals surface area contributed by atoms with E-state index in [9.17, 15) is 8.42 Å². The smallest absolute Gasteiger partial charge is 0.252 e. The van der Waals surface area contributed by atoms with E-state index in [0.29, 0.717) is 23.2 Å². The van der Waals surface area contributed by atoms with Gasteiger partial charge in [0, 0.05) is 25.0 Å². The molecule has 1 aliphatic carbocycles. The zero-order chi connectivity index (χ0) is 13.9. The standard InChI is InChI=1S/C13H22N2O2S2/c1-14-9-12-7-8-13(18-12)19(16,17)15(2)10-11-5-3-4-6-11/h7-8,11,14H,3-6,9-10H2,1-2H3. The molecule has 0 amide bonds. The van der Waals surface area contributed by atoms with E-state index < -0.39 is 10.0 Å². The molecule has 1 saturated carbocycles. The van der Waals surface area contributed by atoms with Crippen molar-refractivity contribution in [3.63, 3.8) is 0 Å². The van der Waals surface area contributed by atoms with Crippen LogP contribution < -0.4 is 5.32 Å². The van der Waals surface area contributed by atoms with Gasteiger partial charge in [0.25, 0.3) is 10.0 Å². The molecule has 1 N–H and O–H groups in total. The number of sulfonamides is 1. The minimum absolute atomic E-state index is 0.457. The fourth-order valence-corrected chi connectivity index (χ4v) is 5.40. The van der Waals surface area contributed by atoms with Gasteiger partial charge in [-0.15, -0.1) is 11.3 Å². The Kier molecular flexibility index (Phi) is 5.00. The first-order valence-electron chi connectivity index (χ1n) is 6.73. The zero-order valence-corrected chi connectivity index (χ0v) is 13.2. The second-order valence-corrected chi connectivity index (χ2v) is 8.63. The summed E-state index contributed by atoms with van der Waals surface area (Å²) in [6.45, 7) is 1.37. The Labute approximate surface area is 119 Å². The quantitative estimate of drug-likeness (QED) is 0.877. The molecule has 1 aromatic rings. The molecule has 19 heavy (non-hydrogen) atoms. The van der Waals surface area contributed by atoms with Crippen LogP contribution >= 0.6 is 11.3 Å². The van der Waals surface area contributed by atoms with E-state index in [1.807, 2.05) is 13.1 Å². The van der Waals surface area contributed by atoms with Gasteiger partial charge in [-0.1, -0.05) is 12.8 Å². The summed E-state index contributed by atoms with van der Waals surface area (Å²) in [5, 5.41) is 3.04. The van der Waals surface area contributed by atoms with Gasteiger partial charge in [-0.05, 0) is 37.9 Å². The summed E-state index contributed by atoms with van der Waals surface area (Å²) in [5.74, 6) is 0.538. The van der Waals surface area contributed by atoms with Crippen molar-refractivity contribution in [2.75, 3.05) is 20.6 Å². The van der Waals surface area contributed by atoms with E-state index in [0.717, 1.165) is 17.7 Å². The number of nitrogens with one attached hydrogen (secondary N) is 1. The molecule has 0 unspecified atom stereocenters. The molecule has 0 bridgehead atoms. The Morgan fingerprint density at radius 1 is 1.37 bits per heavy atom. The number of hydrogen-bond acceptors (Lipinski definition) is 4. The van der Waals surface area contributed by atoms with Gasteiger partial charge in [0.05, 0.1) is 0 Å². The number of nitrogens with zero attached hydrogens (tertiary/aromatic N) is 1. The number of rotatable bonds is 6. The second kappa shape index (κ2) is 6.35. The predicted molar refractivity (Wildman–Crippen MR) is 78.9 cm³/mol. The summed E-state index contributed by atoms with van der Waals surface area (Å²) < 4.78 is 26.9. The van der Waals surface area contributed by atoms with Crippen LogP contribution in [0.15, 0.2) is 16.3 Å². The molecule has 2 rings (SSSR count). The summed E-state index contributed by atoms with van der Waals surface area (Å²) in [7, 11) is 0.261. The third kappa shape index (κ3) is 3.56. The van der Waals surface area contributed by atoms with Crippen LogP contribution in [-0.4, -0.2) is 33.4 Å². The van der Waals surface area contributed by atoms with Gasteiger partial charge in [-0.25, -0.2) is 8.42 Å². The molecule has 0 saturated heterocycles. The minimum atomic E-state index is -3.30. The highest BCUT2D eigenvalue weighted by Crippen LogP contribution is 2.29. The largest absolute Gasteiger partial charge is 0.315 e. The first kappa shape index (κ1) is 15.0. The van der Waals surface area contributed by atoms with Gasteiger partial charge in [0.1, 0.15) is 4.21 Å². The molecule has 0 spiro atoms. The van der Waals surface area contributed by atoms with Crippen LogP contribution in [0.3, 0.4) is 0 Å². The van der Waals surface area contributed by atoms with E-state index in [2.05, 4.69) is 5.32 Å². The normalized spacial score (nSPS) is 17.4. The topological polar surface area (TPSA) is 49.4 Å². The van der Waals surface area contributed by atoms with Gasteiger partial charge in [-0.3, -0.25) is 0 Å². The van der Waals surface area contributed by atoms with Crippen molar-refractivity contribution in [1.82, 2.24) is 9.62 Å². The Balaban J connectivity index is 2.06. The van der Waals surface area contributed by atoms with Crippen molar-refractivity contribution < 1.29 is 8.42 Å². The highest BCUT2D eigenvalue weighted by molar-refractivity contribution is 7.91. The van der Waals surface area contributed by atoms with Crippen molar-refractivity contribution in [1.29, 1.82) is 0 Å². The van der Waals surface area contributed by atoms with Gasteiger partial charge < -0.3 is 5.32 Å². The number of hydrogen-bond donors (Lipinski definition) is 1. The van der Waals surface area contributed by atoms with E-state index in [4.69, 9.17) is 0 Å². The molecule has 1 aromatic heterocycles. The predicted octanol–water partition coefficient (Wildman–Crippen LogP) is 2.28. The summed E-state index contributed by atoms with van der Waals surface area (Å²) in [6.07, 6.45) is 4.80. The number of thiophene rings is 1. The van der Waals surface area contributed by atoms with Crippen LogP contribution in [0.25, 0.3) is 0 Å². The van der Waals surface area contributed by atoms with E-state index >= 15 is 0 Å². The molecule has 6 heteroatoms. The van der Waals surface area contributed by atoms with Gasteiger partial charge in [-0.2, -0.15) is 4.31 Å². The van der Waals surface area contributed by atoms with Crippen LogP contribution in [-0.2, 0) is 16.6 Å². The molecule has 1 fully saturated rings. The van der Waals surface area contributed by atoms with Crippen molar-refractivity contribution in [2.45, 2.75) is 36.4 Å². The Morgan fingerprint density at radius 2 is 2.05 bits per heavy atom. The Hall–Kier alpha value is -0.430. The lowest BCUT2D eigenvalue weighted by atomic mass is 10.1. The first-order valence-corrected chi connectivity index (χ1v) is 8.99. The fraction of sp³-hybridized carbons (Fsp3) is 0.692. The molecule has 108 valence electrons. The lowest BCUT2D eigenvalue weighted by Crippen LogP contribution is -2.30. The summed E-state index contributed by atoms with van der Waals surface area (Å²) in [5.41, 5.74) is 0. The third-order valence-corrected chi connectivity index (χ3v) is 7.02. The average Bonchev–Trinajstić information content (AvgIpc) is 3.00. The zero-order valence-electron chi connectivity index (χ0n) is 11.6. The SMILES string of the molecule is CNCc1ccc(S(=O)(=O)N(C)CC2CCCC2)s1. The highest BCUT2D eigenvalue weighted by atomic mass is 32.2. The molecule has 0 radical (unpaired) electrons. The summed E-state index contributed by atoms with van der Waals surface area (Å²) in [4.78, 5) is 1.05. The first-order chi connectivity index (χ1) is 9.04. The monoisotopic (exact) mass is 302 g/mol. The maximum absolute atomic E-state index is 12.5. The highest BCUT2D eigenvalue weighted by Gasteiger charge is 2.26. The van der Waals surface area contributed by atoms with Gasteiger partial charge >= 0.3 is 0 Å². The molecule has 0 aromatic carbocycles. The van der Waals surface area contributed by atoms with E-state index in [1.54, 1.807) is 13.1 Å². The van der Waals surface area contributed by atoms with Crippen LogP contribution in [0.4, 0.5) is 0 Å². The Morgan fingerprint density at radius 3 is 2.68 bits per heavy atom. The average molecular weight is 302 g/mol. The van der Waals surface area contributed by atoms with Crippen LogP contribution in [0.5, 0.6) is 0 Å². The minimum Gasteiger partial charge on any atom is -0.315 e. The maximum atomic E-state index is 12.5. The lowest BCUT2D eigenvalue weighted by Gasteiger charge is -2.19. The summed E-state index contributed by atoms with van der Waals surface area (Å²) >= 11 is 1.36. The van der Waals surface area contributed by atoms with Crippen molar-refractivity contribution in [2.24, 2.45) is 5.92 Å². The second-order valence-electron chi connectivity index (χ2n) is 5.19. The van der Waals surface area contributed by atoms with Crippen LogP contribution in [0.2, 0.25) is 0 Å². The maximum Gasteiger partial charge on any atom is 0.252 e. The van der Waals surface area contributed by atoms with Gasteiger partial charge in [0.15, 0.2) is 0 Å². The van der Waals surface area contributed by atoms with Crippen molar-refractivity contribution in [3.8, 4) is 0 Å². The third-order valence-electron chi connectivity index (χ3n) is 3.64. The lowest BCUT2D eigenvalue weighted by molar-refractivity contribution is 0.388. The summed E-state index contributed by atoms with van der Waals surface area (Å²) in [6, 6.07) is 3.61. The molecule has 0 aliphatic heterocycles. The van der Waals surface area contributed by atoms with Crippen LogP contribution in [0, 0.1) is 5.92 Å². The van der Waals surface area contributed by atoms with Crippen molar-refractivity contribution in [3.05, 3.63) is 17.0 Å². The van der Waals surface area contributed by atoms with E-state index in [1.165, 1.54) is 28.5 Å². The fourth-order valence-electron chi connectivity index (χ4n) is 2.57. The molecule has 4 nitrogen and oxygen atoms in total. The molecule has 1 aliphatic rings. The molecule has 1 heterocycles. The molecule has 0 atom stereocenters. The van der Waals surface area contributed by atoms with E-state index in [-0.39, 0.29) is 0 Å². The van der Waals surface area contributed by atoms with Crippen LogP contribution in [0.1, 0.15) is 30.6 Å². The van der Waals surface area contributed by atoms with Gasteiger partial charge in [0.2, 0.25) is 0 Å².